The lowest BCUT2D eigenvalue weighted by Crippen LogP contribution is -2.52. The van der Waals surface area contributed by atoms with Crippen molar-refractivity contribution in [3.8, 4) is 0 Å². The largest absolute Gasteiger partial charge is 0.481 e. The van der Waals surface area contributed by atoms with Gasteiger partial charge in [-0.3, -0.25) is 58.7 Å². The lowest BCUT2D eigenvalue weighted by molar-refractivity contribution is -0.144. The van der Waals surface area contributed by atoms with Crippen molar-refractivity contribution in [2.45, 2.75) is 142 Å². The third kappa shape index (κ3) is 30.2. The number of hydrogen-bond donors (Lipinski definition) is 8. The summed E-state index contributed by atoms with van der Waals surface area (Å²) in [5, 5.41) is 60.5. The molecule has 16 rings (SSSR count). The average Bonchev–Trinajstić information content (AvgIpc) is 0.950. The van der Waals surface area contributed by atoms with Gasteiger partial charge in [-0.2, -0.15) is 0 Å². The first-order chi connectivity index (χ1) is 71.1. The number of hydrogen-bond acceptors (Lipinski definition) is 36. The summed E-state index contributed by atoms with van der Waals surface area (Å²) in [6.45, 7) is 21.3. The Morgan fingerprint density at radius 1 is 0.466 bits per heavy atom. The number of carboxylic acid groups (broad SMARTS) is 4. The maximum Gasteiger partial charge on any atom is 0.338 e. The van der Waals surface area contributed by atoms with Crippen LogP contribution in [0.4, 0.5) is 17.6 Å². The highest BCUT2D eigenvalue weighted by atomic mass is 79.9. The van der Waals surface area contributed by atoms with Gasteiger partial charge in [0.25, 0.3) is 0 Å². The van der Waals surface area contributed by atoms with Gasteiger partial charge in [-0.25, -0.2) is 56.7 Å². The van der Waals surface area contributed by atoms with Crippen molar-refractivity contribution in [3.63, 3.8) is 0 Å². The molecule has 0 spiro atoms. The number of carboxylic acids is 4. The molecule has 4 aromatic carbocycles. The zero-order chi connectivity index (χ0) is 106. The number of rotatable bonds is 36. The summed E-state index contributed by atoms with van der Waals surface area (Å²) in [5.41, 5.74) is 5.36. The van der Waals surface area contributed by atoms with E-state index in [1.54, 1.807) is 72.4 Å². The molecule has 8 aromatic rings. The van der Waals surface area contributed by atoms with E-state index in [1.165, 1.54) is 112 Å². The number of ether oxygens (including phenoxy) is 8. The van der Waals surface area contributed by atoms with E-state index in [0.717, 1.165) is 0 Å². The highest BCUT2D eigenvalue weighted by Crippen LogP contribution is 2.44. The average molecular weight is 2250 g/mol. The molecule has 0 bridgehead atoms. The third-order valence-corrected chi connectivity index (χ3v) is 29.7. The Labute approximate surface area is 889 Å². The number of aromatic nitrogens is 4. The van der Waals surface area contributed by atoms with Gasteiger partial charge in [0.15, 0.2) is 43.4 Å². The summed E-state index contributed by atoms with van der Waals surface area (Å²) in [4.78, 5) is 144. The molecule has 4 saturated heterocycles. The molecule has 4 fully saturated rings. The molecular formula is C100H112BrCl3F4N16O20S4. The number of nitrogens with one attached hydrogen (secondary N) is 4. The Morgan fingerprint density at radius 3 is 1.21 bits per heavy atom. The molecule has 48 heteroatoms. The van der Waals surface area contributed by atoms with E-state index in [2.05, 4.69) is 76.7 Å². The number of aliphatic imine (C=N–C) groups is 4. The molecule has 0 saturated carbocycles. The van der Waals surface area contributed by atoms with Gasteiger partial charge in [0.05, 0.1) is 118 Å². The molecule has 36 nitrogen and oxygen atoms in total. The molecule has 148 heavy (non-hydrogen) atoms. The smallest absolute Gasteiger partial charge is 0.338 e. The van der Waals surface area contributed by atoms with Crippen molar-refractivity contribution < 1.29 is 114 Å². The molecule has 792 valence electrons. The third-order valence-electron chi connectivity index (χ3n) is 24.9. The van der Waals surface area contributed by atoms with E-state index in [1.807, 2.05) is 35.4 Å². The summed E-state index contributed by atoms with van der Waals surface area (Å²) in [6, 6.07) is 12.5. The second kappa shape index (κ2) is 54.5. The van der Waals surface area contributed by atoms with Crippen molar-refractivity contribution in [3.05, 3.63) is 249 Å². The lowest BCUT2D eigenvalue weighted by Gasteiger charge is -2.41. The minimum atomic E-state index is -0.885. The molecule has 8 aliphatic heterocycles. The van der Waals surface area contributed by atoms with E-state index in [4.69, 9.17) is 92.7 Å². The second-order valence-electron chi connectivity index (χ2n) is 35.1. The first kappa shape index (κ1) is 114. The molecule has 8 aliphatic rings. The Morgan fingerprint density at radius 2 is 0.831 bits per heavy atom. The number of nitrogens with zero attached hydrogens (tertiary/aromatic N) is 12. The molecule has 8 N–H and O–H groups in total. The Kier molecular flexibility index (Phi) is 41.9. The predicted octanol–water partition coefficient (Wildman–Crippen LogP) is 14.9. The van der Waals surface area contributed by atoms with Crippen LogP contribution in [0.5, 0.6) is 0 Å². The maximum absolute atomic E-state index is 13.9. The molecular weight excluding hydrogens is 2140 g/mol. The van der Waals surface area contributed by atoms with Gasteiger partial charge in [0, 0.05) is 189 Å². The second-order valence-corrected chi connectivity index (χ2v) is 40.8. The van der Waals surface area contributed by atoms with Crippen molar-refractivity contribution in [1.82, 2.24) is 60.8 Å². The predicted molar refractivity (Wildman–Crippen MR) is 552 cm³/mol. The van der Waals surface area contributed by atoms with Crippen LogP contribution in [-0.4, -0.2) is 286 Å². The number of aliphatic carboxylic acids is 4. The minimum Gasteiger partial charge on any atom is -0.481 e. The van der Waals surface area contributed by atoms with Crippen molar-refractivity contribution in [2.24, 2.45) is 37.7 Å². The van der Waals surface area contributed by atoms with Gasteiger partial charge in [-0.1, -0.05) is 95.8 Å². The van der Waals surface area contributed by atoms with E-state index in [0.29, 0.717) is 203 Å². The van der Waals surface area contributed by atoms with Gasteiger partial charge in [0.2, 0.25) is 0 Å². The first-order valence-corrected chi connectivity index (χ1v) is 53.2. The van der Waals surface area contributed by atoms with E-state index >= 15 is 0 Å². The molecule has 3 unspecified atom stereocenters. The topological polar surface area (TPSA) is 453 Å². The molecule has 0 aliphatic carbocycles. The normalized spacial score (nSPS) is 21.5. The quantitative estimate of drug-likeness (QED) is 0.0103. The number of halogens is 8. The van der Waals surface area contributed by atoms with Crippen LogP contribution < -0.4 is 21.3 Å². The number of esters is 4. The minimum absolute atomic E-state index is 0.00822. The van der Waals surface area contributed by atoms with Gasteiger partial charge < -0.3 is 79.6 Å². The monoisotopic (exact) mass is 2240 g/mol. The molecule has 0 amide bonds. The summed E-state index contributed by atoms with van der Waals surface area (Å²) in [6.07, 6.45) is 7.08. The number of benzene rings is 4. The number of carbonyl (C=O) groups is 8. The van der Waals surface area contributed by atoms with Gasteiger partial charge in [-0.15, -0.1) is 45.3 Å². The number of thiazole rings is 4. The zero-order valence-corrected chi connectivity index (χ0v) is 88.9. The molecule has 12 atom stereocenters. The number of morpholine rings is 4. The standard InChI is InChI=1S/C25H28BrFN4O5S.3C25H28ClFN4O5S/c1-3-35-25(34)21-18(12-31-7-8-36-19(13-31)14(2)10-20(32)33)29-23(24-28-6-9-37-24)30-22(21)16-5-4-15(27)11-17(16)26;1-3-36-25(34)20-19(12-31-7-8-35-13-16(31)10-14(2)24(32)33)29-22(23-28-6-9-37-23)30-21(20)17-5-4-15(27)11-18(17)26;1-3-35-25(34)20-19(13-31-7-8-36-16(12-31)10-14(2)24(32)33)29-22(23-28-6-9-37-23)30-21(20)17-5-4-15(27)11-18(17)26;1-3-35-25(34)21-18(13-31-9-10-36-14(2)19(31)6-7-20(32)33)29-23(24-28-8-11-37-24)30-22(21)16-5-4-15(27)12-17(16)26/h4-6,9,11,14,19,22H,3,7-8,10,12-13H2,1-2H3,(H,29,30)(H,32,33);2*4-6,9,11,14,16,21H,3,7-8,10,12-13H2,1-2H3,(H,29,30)(H,32,33);4-5,8,11-12,14,19,22H,3,6-7,9-10,13H2,1-2H3,(H,29,30)(H,32,33)/t14?,19-,22+;2*14?,16-,21+;14-,19-,22+/m1111/s1. The fraction of sp³-hybridized carbons (Fsp3) is 0.440. The van der Waals surface area contributed by atoms with Gasteiger partial charge in [0.1, 0.15) is 47.4 Å². The van der Waals surface area contributed by atoms with Crippen molar-refractivity contribution >= 4 is 167 Å². The summed E-state index contributed by atoms with van der Waals surface area (Å²) in [5.74, 6) is -7.03. The number of carbonyl (C=O) groups excluding carboxylic acids is 4. The van der Waals surface area contributed by atoms with Crippen LogP contribution in [0.15, 0.2) is 189 Å². The van der Waals surface area contributed by atoms with Crippen molar-refractivity contribution in [2.75, 3.05) is 125 Å². The fourth-order valence-electron chi connectivity index (χ4n) is 17.7. The van der Waals surface area contributed by atoms with Crippen molar-refractivity contribution in [1.29, 1.82) is 0 Å². The van der Waals surface area contributed by atoms with Crippen LogP contribution >= 0.6 is 96.1 Å². The SMILES string of the molecule is CCOC(=O)C1=C(CN2CCOC[C@H]2CC(C)C(=O)O)NC(c2nccs2)=N[C@H]1c1ccc(F)cc1Cl.CCOC(=O)C1=C(CN2CCO[C@@H](C(C)CC(=O)O)C2)NC(c2nccs2)=N[C@H]1c1ccc(F)cc1Br.CCOC(=O)C1=C(CN2CCO[C@H](C)[C@H]2CCC(=O)O)NC(c2nccs2)=N[C@H]1c1ccc(F)cc1Cl.CCOC(=O)C1=C(CN2CCO[C@H](CC(C)C(=O)O)C2)NC(c2nccs2)=N[C@H]1c1ccc(F)cc1Cl. The summed E-state index contributed by atoms with van der Waals surface area (Å²) >= 11 is 28.3. The fourth-order valence-corrected chi connectivity index (χ4v) is 21.5. The highest BCUT2D eigenvalue weighted by Gasteiger charge is 2.44. The first-order valence-electron chi connectivity index (χ1n) is 47.7. The highest BCUT2D eigenvalue weighted by molar-refractivity contribution is 9.10. The van der Waals surface area contributed by atoms with E-state index in [9.17, 15) is 76.3 Å². The summed E-state index contributed by atoms with van der Waals surface area (Å²) in [7, 11) is 0. The lowest BCUT2D eigenvalue weighted by atomic mass is 9.94. The maximum atomic E-state index is 13.9. The molecule has 4 aromatic heterocycles. The zero-order valence-electron chi connectivity index (χ0n) is 81.8. The van der Waals surface area contributed by atoms with Crippen LogP contribution in [0.1, 0.15) is 154 Å². The Hall–Kier alpha value is -11.3. The Balaban J connectivity index is 0.000000165. The van der Waals surface area contributed by atoms with Crippen LogP contribution in [0.3, 0.4) is 0 Å². The summed E-state index contributed by atoms with van der Waals surface area (Å²) < 4.78 is 101. The molecule has 12 heterocycles. The van der Waals surface area contributed by atoms with Crippen LogP contribution in [-0.2, 0) is 76.3 Å². The van der Waals surface area contributed by atoms with Crippen LogP contribution in [0.25, 0.3) is 0 Å². The Bertz CT molecular complexity index is 6310. The van der Waals surface area contributed by atoms with Gasteiger partial charge in [-0.05, 0) is 114 Å². The van der Waals surface area contributed by atoms with Crippen LogP contribution in [0.2, 0.25) is 15.1 Å². The van der Waals surface area contributed by atoms with Crippen LogP contribution in [0, 0.1) is 41.0 Å². The molecule has 0 radical (unpaired) electrons. The number of amidine groups is 4. The van der Waals surface area contributed by atoms with E-state index in [-0.39, 0.29) is 120 Å². The van der Waals surface area contributed by atoms with Gasteiger partial charge >= 0.3 is 47.8 Å². The van der Waals surface area contributed by atoms with E-state index < -0.39 is 107 Å².